The summed E-state index contributed by atoms with van der Waals surface area (Å²) in [6, 6.07) is 4.47. The number of aromatic nitrogens is 2. The molecule has 1 aliphatic heterocycles. The van der Waals surface area contributed by atoms with E-state index < -0.39 is 6.10 Å². The Hall–Kier alpha value is -2.45. The van der Waals surface area contributed by atoms with Gasteiger partial charge in [0.05, 0.1) is 13.0 Å². The van der Waals surface area contributed by atoms with E-state index in [2.05, 4.69) is 48.0 Å². The smallest absolute Gasteiger partial charge is 0.410 e. The van der Waals surface area contributed by atoms with Gasteiger partial charge in [0.15, 0.2) is 0 Å². The van der Waals surface area contributed by atoms with Gasteiger partial charge in [0, 0.05) is 32.2 Å². The minimum atomic E-state index is -0.768. The second kappa shape index (κ2) is 9.57. The minimum Gasteiger partial charge on any atom is -0.450 e. The van der Waals surface area contributed by atoms with E-state index in [0.29, 0.717) is 25.5 Å². The Morgan fingerprint density at radius 1 is 1.30 bits per heavy atom. The first-order valence-electron chi connectivity index (χ1n) is 10.5. The van der Waals surface area contributed by atoms with Gasteiger partial charge in [0.25, 0.3) is 0 Å². The van der Waals surface area contributed by atoms with Crippen LogP contribution >= 0.6 is 0 Å². The van der Waals surface area contributed by atoms with E-state index in [1.54, 1.807) is 6.92 Å². The van der Waals surface area contributed by atoms with E-state index in [9.17, 15) is 9.90 Å². The number of aryl methyl sites for hydroxylation is 1. The zero-order valence-corrected chi connectivity index (χ0v) is 18.5. The standard InChI is InChI=1S/C22H32N4O4/c1-6-29-22(28)26-8-7-25(12-15(26)3)13-19-10-14(2)9-18(16(19)4)11-20-23-24-21(30-20)17(5)27/h9-10,15,17,27H,6-8,11-13H2,1-5H3/t15-,17+/m0/s1. The van der Waals surface area contributed by atoms with Gasteiger partial charge in [-0.1, -0.05) is 17.7 Å². The second-order valence-electron chi connectivity index (χ2n) is 8.07. The molecule has 1 aliphatic rings. The van der Waals surface area contributed by atoms with E-state index in [-0.39, 0.29) is 18.0 Å². The number of aliphatic hydroxyl groups excluding tert-OH is 1. The minimum absolute atomic E-state index is 0.111. The van der Waals surface area contributed by atoms with Gasteiger partial charge in [0.2, 0.25) is 11.8 Å². The molecule has 1 aromatic carbocycles. The van der Waals surface area contributed by atoms with E-state index in [0.717, 1.165) is 25.2 Å². The molecule has 0 aliphatic carbocycles. The number of ether oxygens (including phenoxy) is 1. The van der Waals surface area contributed by atoms with Crippen molar-refractivity contribution in [2.45, 2.75) is 59.7 Å². The quantitative estimate of drug-likeness (QED) is 0.774. The molecule has 2 atom stereocenters. The Bertz CT molecular complexity index is 880. The zero-order chi connectivity index (χ0) is 21.8. The highest BCUT2D eigenvalue weighted by Gasteiger charge is 2.28. The molecule has 0 spiro atoms. The third-order valence-corrected chi connectivity index (χ3v) is 5.56. The summed E-state index contributed by atoms with van der Waals surface area (Å²) >= 11 is 0. The summed E-state index contributed by atoms with van der Waals surface area (Å²) in [4.78, 5) is 16.3. The lowest BCUT2D eigenvalue weighted by atomic mass is 9.96. The molecular formula is C22H32N4O4. The van der Waals surface area contributed by atoms with Crippen molar-refractivity contribution in [2.24, 2.45) is 0 Å². The molecule has 8 nitrogen and oxygen atoms in total. The van der Waals surface area contributed by atoms with Gasteiger partial charge in [-0.05, 0) is 51.3 Å². The SMILES string of the molecule is CCOC(=O)N1CCN(Cc2cc(C)cc(Cc3nnc([C@@H](C)O)o3)c2C)C[C@@H]1C. The molecule has 0 radical (unpaired) electrons. The Labute approximate surface area is 177 Å². The third kappa shape index (κ3) is 5.17. The third-order valence-electron chi connectivity index (χ3n) is 5.56. The summed E-state index contributed by atoms with van der Waals surface area (Å²) in [5.74, 6) is 0.742. The molecule has 8 heteroatoms. The molecule has 1 aromatic heterocycles. The lowest BCUT2D eigenvalue weighted by Gasteiger charge is -2.39. The zero-order valence-electron chi connectivity index (χ0n) is 18.5. The molecule has 164 valence electrons. The Kier molecular flexibility index (Phi) is 7.10. The van der Waals surface area contributed by atoms with E-state index in [1.165, 1.54) is 16.7 Å². The van der Waals surface area contributed by atoms with Crippen molar-refractivity contribution in [3.63, 3.8) is 0 Å². The van der Waals surface area contributed by atoms with Crippen molar-refractivity contribution in [1.29, 1.82) is 0 Å². The number of rotatable bonds is 6. The molecule has 1 saturated heterocycles. The Morgan fingerprint density at radius 3 is 2.67 bits per heavy atom. The highest BCUT2D eigenvalue weighted by Crippen LogP contribution is 2.23. The summed E-state index contributed by atoms with van der Waals surface area (Å²) < 4.78 is 10.7. The van der Waals surface area contributed by atoms with Crippen molar-refractivity contribution >= 4 is 6.09 Å². The van der Waals surface area contributed by atoms with Crippen LogP contribution in [0.15, 0.2) is 16.5 Å². The van der Waals surface area contributed by atoms with Crippen LogP contribution in [-0.4, -0.2) is 63.5 Å². The summed E-state index contributed by atoms with van der Waals surface area (Å²) in [5.41, 5.74) is 4.79. The lowest BCUT2D eigenvalue weighted by Crippen LogP contribution is -2.53. The van der Waals surface area contributed by atoms with Crippen molar-refractivity contribution in [3.05, 3.63) is 46.2 Å². The maximum atomic E-state index is 12.1. The van der Waals surface area contributed by atoms with Crippen LogP contribution < -0.4 is 0 Å². The largest absolute Gasteiger partial charge is 0.450 e. The van der Waals surface area contributed by atoms with Gasteiger partial charge in [-0.15, -0.1) is 10.2 Å². The van der Waals surface area contributed by atoms with Gasteiger partial charge < -0.3 is 19.2 Å². The lowest BCUT2D eigenvalue weighted by molar-refractivity contribution is 0.0519. The number of hydrogen-bond acceptors (Lipinski definition) is 7. The Balaban J connectivity index is 1.70. The van der Waals surface area contributed by atoms with Gasteiger partial charge in [-0.2, -0.15) is 0 Å². The highest BCUT2D eigenvalue weighted by molar-refractivity contribution is 5.68. The van der Waals surface area contributed by atoms with E-state index >= 15 is 0 Å². The first-order valence-corrected chi connectivity index (χ1v) is 10.5. The van der Waals surface area contributed by atoms with Gasteiger partial charge in [0.1, 0.15) is 6.10 Å². The van der Waals surface area contributed by atoms with E-state index in [4.69, 9.17) is 9.15 Å². The topological polar surface area (TPSA) is 91.9 Å². The fourth-order valence-electron chi connectivity index (χ4n) is 3.93. The Morgan fingerprint density at radius 2 is 2.03 bits per heavy atom. The molecule has 1 amide bonds. The molecular weight excluding hydrogens is 384 g/mol. The fourth-order valence-corrected chi connectivity index (χ4v) is 3.93. The average Bonchev–Trinajstić information content (AvgIpc) is 3.14. The van der Waals surface area contributed by atoms with Crippen LogP contribution in [-0.2, 0) is 17.7 Å². The van der Waals surface area contributed by atoms with Crippen LogP contribution in [0.3, 0.4) is 0 Å². The predicted molar refractivity (Wildman–Crippen MR) is 112 cm³/mol. The molecule has 3 rings (SSSR count). The normalized spacial score (nSPS) is 18.5. The molecule has 1 fully saturated rings. The first-order chi connectivity index (χ1) is 14.3. The van der Waals surface area contributed by atoms with Crippen LogP contribution in [0.5, 0.6) is 0 Å². The first kappa shape index (κ1) is 22.2. The number of aliphatic hydroxyl groups is 1. The monoisotopic (exact) mass is 416 g/mol. The van der Waals surface area contributed by atoms with Gasteiger partial charge in [-0.25, -0.2) is 4.79 Å². The van der Waals surface area contributed by atoms with Crippen molar-refractivity contribution in [2.75, 3.05) is 26.2 Å². The summed E-state index contributed by atoms with van der Waals surface area (Å²) in [6.45, 7) is 13.2. The van der Waals surface area contributed by atoms with Crippen LogP contribution in [0.4, 0.5) is 4.79 Å². The summed E-state index contributed by atoms with van der Waals surface area (Å²) in [5, 5.41) is 17.6. The van der Waals surface area contributed by atoms with Crippen LogP contribution in [0.25, 0.3) is 0 Å². The van der Waals surface area contributed by atoms with E-state index in [1.807, 2.05) is 11.8 Å². The molecule has 2 heterocycles. The fraction of sp³-hybridized carbons (Fsp3) is 0.591. The highest BCUT2D eigenvalue weighted by atomic mass is 16.6. The van der Waals surface area contributed by atoms with Crippen LogP contribution in [0.2, 0.25) is 0 Å². The predicted octanol–water partition coefficient (Wildman–Crippen LogP) is 2.99. The van der Waals surface area contributed by atoms with Gasteiger partial charge in [-0.3, -0.25) is 4.90 Å². The number of hydrogen-bond donors (Lipinski definition) is 1. The number of carbonyl (C=O) groups excluding carboxylic acids is 1. The summed E-state index contributed by atoms with van der Waals surface area (Å²) in [6.07, 6.45) is -0.460. The van der Waals surface area contributed by atoms with Crippen molar-refractivity contribution in [3.8, 4) is 0 Å². The molecule has 2 aromatic rings. The number of amides is 1. The van der Waals surface area contributed by atoms with Gasteiger partial charge >= 0.3 is 6.09 Å². The number of piperazine rings is 1. The number of benzene rings is 1. The average molecular weight is 417 g/mol. The molecule has 30 heavy (non-hydrogen) atoms. The molecule has 0 unspecified atom stereocenters. The number of carbonyl (C=O) groups is 1. The number of nitrogens with zero attached hydrogens (tertiary/aromatic N) is 4. The van der Waals surface area contributed by atoms with Crippen molar-refractivity contribution < 1.29 is 19.1 Å². The molecule has 0 saturated carbocycles. The van der Waals surface area contributed by atoms with Crippen LogP contribution in [0.1, 0.15) is 60.9 Å². The van der Waals surface area contributed by atoms with Crippen LogP contribution in [0, 0.1) is 13.8 Å². The summed E-state index contributed by atoms with van der Waals surface area (Å²) in [7, 11) is 0. The maximum absolute atomic E-state index is 12.1. The second-order valence-corrected chi connectivity index (χ2v) is 8.07. The molecule has 0 bridgehead atoms. The maximum Gasteiger partial charge on any atom is 0.410 e. The molecule has 1 N–H and O–H groups in total. The van der Waals surface area contributed by atoms with Crippen molar-refractivity contribution in [1.82, 2.24) is 20.0 Å².